The van der Waals surface area contributed by atoms with Gasteiger partial charge in [-0.2, -0.15) is 0 Å². The Labute approximate surface area is 224 Å². The van der Waals surface area contributed by atoms with Crippen LogP contribution in [0.3, 0.4) is 0 Å². The molecule has 3 unspecified atom stereocenters. The van der Waals surface area contributed by atoms with Crippen molar-refractivity contribution in [2.75, 3.05) is 0 Å². The summed E-state index contributed by atoms with van der Waals surface area (Å²) < 4.78 is 109. The number of alkyl halides is 3. The zero-order chi connectivity index (χ0) is 28.4. The van der Waals surface area contributed by atoms with Crippen LogP contribution in [-0.2, 0) is 4.74 Å². The molecular formula is C31H31F7O. The standard InChI is InChI=1S/C31H31F7O/c1-3-10-22-13-8-9-18-30(22,39-31(36,37)38)23(4-2)25-28(34)26(32)24(27(33)29(25)35)21-16-14-20(15-17-21)19-11-6-5-7-12-19/h5-7,11-12,14-17,22-23H,3-4,8-10,13,18H2,1-2H3. The molecule has 0 bridgehead atoms. The normalized spacial score (nSPS) is 20.7. The first-order valence-electron chi connectivity index (χ1n) is 13.3. The molecule has 39 heavy (non-hydrogen) atoms. The fourth-order valence-corrected chi connectivity index (χ4v) is 6.32. The van der Waals surface area contributed by atoms with Crippen molar-refractivity contribution in [3.63, 3.8) is 0 Å². The summed E-state index contributed by atoms with van der Waals surface area (Å²) in [7, 11) is 0. The maximum Gasteiger partial charge on any atom is 0.523 e. The first-order chi connectivity index (χ1) is 18.5. The fraction of sp³-hybridized carbons (Fsp3) is 0.419. The average Bonchev–Trinajstić information content (AvgIpc) is 2.91. The summed E-state index contributed by atoms with van der Waals surface area (Å²) in [4.78, 5) is 0. The van der Waals surface area contributed by atoms with E-state index in [4.69, 9.17) is 4.74 Å². The van der Waals surface area contributed by atoms with Crippen molar-refractivity contribution < 1.29 is 35.5 Å². The summed E-state index contributed by atoms with van der Waals surface area (Å²) in [6, 6.07) is 15.0. The van der Waals surface area contributed by atoms with E-state index >= 15 is 17.6 Å². The van der Waals surface area contributed by atoms with Gasteiger partial charge in [0.15, 0.2) is 23.3 Å². The van der Waals surface area contributed by atoms with Crippen LogP contribution < -0.4 is 0 Å². The Morgan fingerprint density at radius 2 is 1.36 bits per heavy atom. The van der Waals surface area contributed by atoms with E-state index in [0.717, 1.165) is 11.1 Å². The maximum absolute atomic E-state index is 15.7. The van der Waals surface area contributed by atoms with E-state index in [9.17, 15) is 13.2 Å². The molecule has 0 amide bonds. The third-order valence-electron chi connectivity index (χ3n) is 7.93. The second kappa shape index (κ2) is 11.7. The van der Waals surface area contributed by atoms with Gasteiger partial charge in [0, 0.05) is 11.5 Å². The smallest absolute Gasteiger partial charge is 0.284 e. The molecule has 1 fully saturated rings. The van der Waals surface area contributed by atoms with E-state index in [0.29, 0.717) is 32.1 Å². The number of ether oxygens (including phenoxy) is 1. The van der Waals surface area contributed by atoms with Crippen molar-refractivity contribution >= 4 is 0 Å². The van der Waals surface area contributed by atoms with Gasteiger partial charge in [0.2, 0.25) is 0 Å². The third-order valence-corrected chi connectivity index (χ3v) is 7.93. The van der Waals surface area contributed by atoms with Gasteiger partial charge in [0.05, 0.1) is 11.2 Å². The lowest BCUT2D eigenvalue weighted by Crippen LogP contribution is -2.51. The van der Waals surface area contributed by atoms with Gasteiger partial charge in [-0.1, -0.05) is 87.7 Å². The zero-order valence-electron chi connectivity index (χ0n) is 21.9. The molecule has 0 saturated heterocycles. The summed E-state index contributed by atoms with van der Waals surface area (Å²) in [6.45, 7) is 3.25. The van der Waals surface area contributed by atoms with Crippen molar-refractivity contribution in [3.05, 3.63) is 83.4 Å². The summed E-state index contributed by atoms with van der Waals surface area (Å²) in [5, 5.41) is 0. The number of rotatable bonds is 8. The van der Waals surface area contributed by atoms with Gasteiger partial charge in [-0.05, 0) is 48.3 Å². The molecule has 1 saturated carbocycles. The van der Waals surface area contributed by atoms with E-state index in [2.05, 4.69) is 0 Å². The third kappa shape index (κ3) is 5.72. The van der Waals surface area contributed by atoms with Crippen molar-refractivity contribution in [2.45, 2.75) is 76.7 Å². The van der Waals surface area contributed by atoms with Crippen LogP contribution in [0, 0.1) is 29.2 Å². The summed E-state index contributed by atoms with van der Waals surface area (Å²) in [6.07, 6.45) is -3.23. The van der Waals surface area contributed by atoms with E-state index in [-0.39, 0.29) is 18.4 Å². The molecule has 8 heteroatoms. The molecular weight excluding hydrogens is 521 g/mol. The molecule has 3 atom stereocenters. The number of hydrogen-bond donors (Lipinski definition) is 0. The van der Waals surface area contributed by atoms with Gasteiger partial charge in [0.25, 0.3) is 0 Å². The fourth-order valence-electron chi connectivity index (χ4n) is 6.32. The van der Waals surface area contributed by atoms with Crippen molar-refractivity contribution in [1.29, 1.82) is 0 Å². The van der Waals surface area contributed by atoms with Crippen LogP contribution >= 0.6 is 0 Å². The highest BCUT2D eigenvalue weighted by Gasteiger charge is 2.55. The highest BCUT2D eigenvalue weighted by atomic mass is 19.4. The molecule has 1 aliphatic carbocycles. The van der Waals surface area contributed by atoms with E-state index in [1.807, 2.05) is 30.3 Å². The molecule has 4 rings (SSSR count). The van der Waals surface area contributed by atoms with Crippen LogP contribution in [0.4, 0.5) is 30.7 Å². The minimum absolute atomic E-state index is 0.0927. The van der Waals surface area contributed by atoms with Crippen LogP contribution in [-0.4, -0.2) is 12.0 Å². The number of halogens is 7. The first kappa shape index (κ1) is 29.1. The minimum atomic E-state index is -5.10. The van der Waals surface area contributed by atoms with Crippen LogP contribution in [0.15, 0.2) is 54.6 Å². The monoisotopic (exact) mass is 552 g/mol. The maximum atomic E-state index is 15.7. The van der Waals surface area contributed by atoms with Crippen molar-refractivity contribution in [2.24, 2.45) is 5.92 Å². The van der Waals surface area contributed by atoms with Gasteiger partial charge in [0.1, 0.15) is 0 Å². The largest absolute Gasteiger partial charge is 0.523 e. The first-order valence-corrected chi connectivity index (χ1v) is 13.3. The lowest BCUT2D eigenvalue weighted by atomic mass is 9.64. The SMILES string of the molecule is CCCC1CCCCC1(OC(F)(F)F)C(CC)c1c(F)c(F)c(-c2ccc(-c3ccccc3)cc2)c(F)c1F. The van der Waals surface area contributed by atoms with Gasteiger partial charge in [-0.15, -0.1) is 13.2 Å². The van der Waals surface area contributed by atoms with Crippen LogP contribution in [0.5, 0.6) is 0 Å². The van der Waals surface area contributed by atoms with Gasteiger partial charge in [-0.25, -0.2) is 17.6 Å². The van der Waals surface area contributed by atoms with Gasteiger partial charge < -0.3 is 0 Å². The molecule has 210 valence electrons. The van der Waals surface area contributed by atoms with Crippen LogP contribution in [0.2, 0.25) is 0 Å². The number of benzene rings is 3. The Bertz CT molecular complexity index is 1240. The predicted octanol–water partition coefficient (Wildman–Crippen LogP) is 10.3. The molecule has 0 aliphatic heterocycles. The highest BCUT2D eigenvalue weighted by molar-refractivity contribution is 5.71. The number of hydrogen-bond acceptors (Lipinski definition) is 1. The van der Waals surface area contributed by atoms with Crippen molar-refractivity contribution in [1.82, 2.24) is 0 Å². The highest BCUT2D eigenvalue weighted by Crippen LogP contribution is 2.53. The molecule has 1 aliphatic rings. The van der Waals surface area contributed by atoms with E-state index in [1.54, 1.807) is 19.1 Å². The summed E-state index contributed by atoms with van der Waals surface area (Å²) in [5.74, 6) is -8.88. The predicted molar refractivity (Wildman–Crippen MR) is 137 cm³/mol. The molecule has 3 aromatic carbocycles. The molecule has 0 spiro atoms. The van der Waals surface area contributed by atoms with E-state index < -0.39 is 58.2 Å². The quantitative estimate of drug-likeness (QED) is 0.200. The van der Waals surface area contributed by atoms with Gasteiger partial charge in [-0.3, -0.25) is 4.74 Å². The molecule has 1 nitrogen and oxygen atoms in total. The summed E-state index contributed by atoms with van der Waals surface area (Å²) >= 11 is 0. The molecule has 3 aromatic rings. The Morgan fingerprint density at radius 1 is 0.795 bits per heavy atom. The molecule has 0 heterocycles. The molecule has 0 radical (unpaired) electrons. The Morgan fingerprint density at radius 3 is 1.90 bits per heavy atom. The second-order valence-corrected chi connectivity index (χ2v) is 10.2. The average molecular weight is 553 g/mol. The minimum Gasteiger partial charge on any atom is -0.284 e. The second-order valence-electron chi connectivity index (χ2n) is 10.2. The topological polar surface area (TPSA) is 9.23 Å². The zero-order valence-corrected chi connectivity index (χ0v) is 21.9. The Kier molecular flexibility index (Phi) is 8.74. The lowest BCUT2D eigenvalue weighted by Gasteiger charge is -2.49. The van der Waals surface area contributed by atoms with E-state index in [1.165, 1.54) is 19.1 Å². The van der Waals surface area contributed by atoms with Gasteiger partial charge >= 0.3 is 6.36 Å². The lowest BCUT2D eigenvalue weighted by molar-refractivity contribution is -0.384. The van der Waals surface area contributed by atoms with Crippen molar-refractivity contribution in [3.8, 4) is 22.3 Å². The Hall–Kier alpha value is -2.87. The van der Waals surface area contributed by atoms with Crippen LogP contribution in [0.25, 0.3) is 22.3 Å². The molecule has 0 aromatic heterocycles. The molecule has 0 N–H and O–H groups in total. The van der Waals surface area contributed by atoms with Crippen LogP contribution in [0.1, 0.15) is 70.3 Å². The Balaban J connectivity index is 1.84. The summed E-state index contributed by atoms with van der Waals surface area (Å²) in [5.41, 5.74) is -2.49.